The number of rotatable bonds is 20. The Labute approximate surface area is 459 Å². The van der Waals surface area contributed by atoms with Crippen LogP contribution in [0.25, 0.3) is 5.57 Å². The van der Waals surface area contributed by atoms with E-state index >= 15 is 0 Å². The van der Waals surface area contributed by atoms with Crippen LogP contribution >= 0.6 is 35.3 Å². The number of aliphatic hydroxyl groups excluding tert-OH is 1. The van der Waals surface area contributed by atoms with Crippen LogP contribution in [-0.2, 0) is 14.6 Å². The number of hydrogen-bond acceptors (Lipinski definition) is 13. The molecule has 2 atom stereocenters. The van der Waals surface area contributed by atoms with Crippen molar-refractivity contribution in [3.05, 3.63) is 144 Å². The maximum atomic E-state index is 14.3. The molecule has 4 aliphatic rings. The van der Waals surface area contributed by atoms with Crippen LogP contribution in [0.4, 0.5) is 35.9 Å². The first kappa shape index (κ1) is 57.1. The van der Waals surface area contributed by atoms with E-state index in [2.05, 4.69) is 73.0 Å². The van der Waals surface area contributed by atoms with Gasteiger partial charge in [-0.15, -0.1) is 23.4 Å². The lowest BCUT2D eigenvalue weighted by Gasteiger charge is -2.46. The minimum absolute atomic E-state index is 0.104. The lowest BCUT2D eigenvalue weighted by Crippen LogP contribution is -2.62. The van der Waals surface area contributed by atoms with E-state index in [1.165, 1.54) is 6.07 Å². The molecule has 0 saturated carbocycles. The summed E-state index contributed by atoms with van der Waals surface area (Å²) < 4.78 is 72.4. The molecule has 1 amide bonds. The number of thioether (sulfide) groups is 1. The molecule has 4 aromatic carbocycles. The molecular formula is C57H69ClF3N7O5S3. The average Bonchev–Trinajstić information content (AvgIpc) is 3.41. The van der Waals surface area contributed by atoms with Crippen molar-refractivity contribution in [2.45, 2.75) is 90.4 Å². The van der Waals surface area contributed by atoms with Gasteiger partial charge in [-0.3, -0.25) is 4.79 Å². The summed E-state index contributed by atoms with van der Waals surface area (Å²) in [6, 6.07) is 29.4. The minimum Gasteiger partial charge on any atom is -0.393 e. The number of anilines is 4. The van der Waals surface area contributed by atoms with E-state index in [0.717, 1.165) is 89.3 Å². The van der Waals surface area contributed by atoms with Gasteiger partial charge in [-0.25, -0.2) is 8.42 Å². The predicted molar refractivity (Wildman–Crippen MR) is 305 cm³/mol. The summed E-state index contributed by atoms with van der Waals surface area (Å²) in [5.74, 6) is 0.768. The Bertz CT molecular complexity index is 2880. The van der Waals surface area contributed by atoms with Gasteiger partial charge in [0.25, 0.3) is 15.7 Å². The number of β-amino-alcohol motifs (C(OH)–C–C–N with tert-alkyl or cyclic N) is 1. The third-order valence-corrected chi connectivity index (χ3v) is 18.1. The number of halogens is 4. The zero-order chi connectivity index (χ0) is 54.2. The van der Waals surface area contributed by atoms with E-state index in [1.54, 1.807) is 29.7 Å². The Hall–Kier alpha value is -5.08. The molecule has 0 bridgehead atoms. The van der Waals surface area contributed by atoms with Crippen LogP contribution in [0.15, 0.2) is 153 Å². The second-order valence-corrected chi connectivity index (χ2v) is 24.3. The molecule has 4 heterocycles. The van der Waals surface area contributed by atoms with Crippen molar-refractivity contribution >= 4 is 79.4 Å². The second-order valence-electron chi connectivity index (χ2n) is 20.1. The third kappa shape index (κ3) is 14.0. The fraction of sp³-hybridized carbons (Fsp3) is 0.421. The van der Waals surface area contributed by atoms with Gasteiger partial charge in [0.1, 0.15) is 4.90 Å². The van der Waals surface area contributed by atoms with Crippen molar-refractivity contribution in [2.75, 3.05) is 97.4 Å². The molecule has 4 aliphatic heterocycles. The molecule has 0 aliphatic carbocycles. The van der Waals surface area contributed by atoms with Gasteiger partial charge >= 0.3 is 5.51 Å². The number of likely N-dealkylation sites (N-methyl/N-ethyl adjacent to an activating group) is 1. The van der Waals surface area contributed by atoms with Gasteiger partial charge in [0.15, 0.2) is 0 Å². The number of allylic oxidation sites excluding steroid dienone is 3. The molecule has 12 nitrogen and oxygen atoms in total. The average molecular weight is 1120 g/mol. The van der Waals surface area contributed by atoms with E-state index < -0.39 is 25.8 Å². The number of piperidine rings is 1. The molecule has 0 radical (unpaired) electrons. The highest BCUT2D eigenvalue weighted by Gasteiger charge is 2.48. The molecule has 0 aromatic heterocycles. The normalized spacial score (nSPS) is 19.5. The van der Waals surface area contributed by atoms with E-state index in [0.29, 0.717) is 66.7 Å². The van der Waals surface area contributed by atoms with Crippen LogP contribution in [0.3, 0.4) is 0 Å². The van der Waals surface area contributed by atoms with Crippen LogP contribution in [0.1, 0.15) is 52.0 Å². The van der Waals surface area contributed by atoms with Crippen molar-refractivity contribution in [3.63, 3.8) is 0 Å². The van der Waals surface area contributed by atoms with E-state index in [1.807, 2.05) is 80.7 Å². The number of nitrogens with one attached hydrogen (secondary N) is 2. The number of benzene rings is 4. The number of nitrogens with zero attached hydrogens (tertiary/aromatic N) is 5. The van der Waals surface area contributed by atoms with E-state index in [-0.39, 0.29) is 42.9 Å². The molecule has 4 N–H and O–H groups in total. The minimum atomic E-state index is -5.73. The highest BCUT2D eigenvalue weighted by Crippen LogP contribution is 2.41. The van der Waals surface area contributed by atoms with Crippen LogP contribution in [0.5, 0.6) is 0 Å². The first-order valence-electron chi connectivity index (χ1n) is 25.9. The van der Waals surface area contributed by atoms with Gasteiger partial charge in [0, 0.05) is 103 Å². The summed E-state index contributed by atoms with van der Waals surface area (Å²) in [5.41, 5.74) is 0.561. The Morgan fingerprint density at radius 3 is 2.24 bits per heavy atom. The van der Waals surface area contributed by atoms with Gasteiger partial charge in [0.05, 0.1) is 42.1 Å². The van der Waals surface area contributed by atoms with Crippen molar-refractivity contribution in [2.24, 2.45) is 0 Å². The molecule has 19 heteroatoms. The lowest BCUT2D eigenvalue weighted by molar-refractivity contribution is -0.147. The molecule has 3 saturated heterocycles. The molecule has 8 rings (SSSR count). The first-order chi connectivity index (χ1) is 36.3. The number of alkyl halides is 4. The maximum absolute atomic E-state index is 14.3. The van der Waals surface area contributed by atoms with Crippen LogP contribution < -0.4 is 19.8 Å². The molecule has 0 spiro atoms. The van der Waals surface area contributed by atoms with Crippen LogP contribution in [0, 0.1) is 0 Å². The number of sulfone groups is 1. The molecule has 1 unspecified atom stereocenters. The predicted octanol–water partition coefficient (Wildman–Crippen LogP) is 10.5. The monoisotopic (exact) mass is 1120 g/mol. The standard InChI is InChI=1S/C57H69ClF3N7O5S3/c1-5-11-41(13-10-26-58)52-36-50(54(40(2)64(52)4)55(70)68-38-56(3,71)39-68)42-12-9-14-46(34-42)67-32-30-66(31-33-67)45-19-17-43(18-20-45)63-75-49-21-22-51(53(35-49)76(72,73)57(59,60)61)62-44(37-74-48-15-7-6-8-16-48)23-27-65-28-24-47(69)25-29-65/h6-22,34-36,44,47,52,62-63,69,71H,5,23-33,37-39H2,1-4H3/b13-10-,41-11+/t44-,52?/m1/s1. The number of piperazine rings is 1. The number of amides is 1. The molecule has 408 valence electrons. The number of carbonyl (C=O) groups is 1. The van der Waals surface area contributed by atoms with Crippen LogP contribution in [-0.4, -0.2) is 146 Å². The molecule has 4 aromatic rings. The van der Waals surface area contributed by atoms with Crippen molar-refractivity contribution < 1.29 is 36.6 Å². The van der Waals surface area contributed by atoms with Crippen molar-refractivity contribution in [3.8, 4) is 0 Å². The maximum Gasteiger partial charge on any atom is 0.501 e. The number of carbonyl (C=O) groups excluding carboxylic acids is 1. The van der Waals surface area contributed by atoms with Crippen LogP contribution in [0.2, 0.25) is 0 Å². The molecule has 3 fully saturated rings. The molecule has 76 heavy (non-hydrogen) atoms. The van der Waals surface area contributed by atoms with Gasteiger partial charge < -0.3 is 44.8 Å². The van der Waals surface area contributed by atoms with Gasteiger partial charge in [-0.05, 0) is 141 Å². The van der Waals surface area contributed by atoms with E-state index in [4.69, 9.17) is 11.6 Å². The van der Waals surface area contributed by atoms with Gasteiger partial charge in [-0.1, -0.05) is 55.5 Å². The summed E-state index contributed by atoms with van der Waals surface area (Å²) in [6.07, 6.45) is 10.7. The fourth-order valence-electron chi connectivity index (χ4n) is 10.1. The van der Waals surface area contributed by atoms with E-state index in [9.17, 15) is 36.6 Å². The topological polar surface area (TPSA) is 132 Å². The summed E-state index contributed by atoms with van der Waals surface area (Å²) >= 11 is 8.67. The summed E-state index contributed by atoms with van der Waals surface area (Å²) in [7, 11) is -3.72. The first-order valence-corrected chi connectivity index (χ1v) is 29.7. The van der Waals surface area contributed by atoms with Gasteiger partial charge in [-0.2, -0.15) is 13.2 Å². The van der Waals surface area contributed by atoms with Crippen molar-refractivity contribution in [1.29, 1.82) is 0 Å². The number of aliphatic hydroxyl groups is 2. The second kappa shape index (κ2) is 25.1. The zero-order valence-corrected chi connectivity index (χ0v) is 46.7. The Morgan fingerprint density at radius 1 is 0.908 bits per heavy atom. The molecular weight excluding hydrogens is 1050 g/mol. The number of hydrogen-bond donors (Lipinski definition) is 4. The third-order valence-electron chi connectivity index (χ3n) is 14.4. The Morgan fingerprint density at radius 2 is 1.59 bits per heavy atom. The highest BCUT2D eigenvalue weighted by molar-refractivity contribution is 8.00. The highest BCUT2D eigenvalue weighted by atomic mass is 35.5. The van der Waals surface area contributed by atoms with Crippen molar-refractivity contribution in [1.82, 2.24) is 14.7 Å². The number of likely N-dealkylation sites (tertiary alicyclic amines) is 2. The largest absolute Gasteiger partial charge is 0.501 e. The lowest BCUT2D eigenvalue weighted by atomic mass is 9.85. The smallest absolute Gasteiger partial charge is 0.393 e. The van der Waals surface area contributed by atoms with Gasteiger partial charge in [0.2, 0.25) is 0 Å². The zero-order valence-electron chi connectivity index (χ0n) is 43.5. The fourth-order valence-corrected chi connectivity index (χ4v) is 12.9. The summed E-state index contributed by atoms with van der Waals surface area (Å²) in [6.45, 7) is 11.4. The Balaban J connectivity index is 0.930. The SMILES string of the molecule is CC/C=C(\C=C/CCl)C1C=C(c2cccc(N3CCN(c4ccc(NSc5ccc(N[C@H](CCN6CCC(O)CC6)CSc6ccccc6)c(S(=O)(=O)C(F)(F)F)c5)cc4)CC3)c2)C(C(=O)N2CC(C)(O)C2)=C(C)N1C. The quantitative estimate of drug-likeness (QED) is 0.0290. The summed E-state index contributed by atoms with van der Waals surface area (Å²) in [5, 5.41) is 23.8. The summed E-state index contributed by atoms with van der Waals surface area (Å²) in [4.78, 5) is 25.4. The Kier molecular flexibility index (Phi) is 18.9.